The van der Waals surface area contributed by atoms with Gasteiger partial charge in [-0.25, -0.2) is 8.42 Å². The Kier molecular flexibility index (Phi) is 6.97. The van der Waals surface area contributed by atoms with Gasteiger partial charge in [0.15, 0.2) is 0 Å². The highest BCUT2D eigenvalue weighted by Gasteiger charge is 2.30. The number of nitrogens with zero attached hydrogens (tertiary/aromatic N) is 1. The van der Waals surface area contributed by atoms with Crippen molar-refractivity contribution in [1.82, 2.24) is 9.62 Å². The number of rotatable bonds is 6. The van der Waals surface area contributed by atoms with Crippen LogP contribution in [0.15, 0.2) is 83.8 Å². The summed E-state index contributed by atoms with van der Waals surface area (Å²) in [7, 11) is -3.87. The molecule has 8 heteroatoms. The van der Waals surface area contributed by atoms with Gasteiger partial charge in [-0.05, 0) is 72.1 Å². The Bertz CT molecular complexity index is 1550. The van der Waals surface area contributed by atoms with Crippen LogP contribution in [-0.2, 0) is 10.0 Å². The molecule has 0 unspecified atom stereocenters. The molecule has 7 nitrogen and oxygen atoms in total. The van der Waals surface area contributed by atoms with Crippen LogP contribution in [0.3, 0.4) is 0 Å². The molecule has 0 saturated carbocycles. The zero-order chi connectivity index (χ0) is 26.0. The third-order valence-corrected chi connectivity index (χ3v) is 8.27. The molecule has 1 fully saturated rings. The first kappa shape index (κ1) is 25.0. The fourth-order valence-electron chi connectivity index (χ4n) is 4.64. The quantitative estimate of drug-likeness (QED) is 0.373. The lowest BCUT2D eigenvalue weighted by atomic mass is 10.0. The lowest BCUT2D eigenvalue weighted by Gasteiger charge is -2.27. The Morgan fingerprint density at radius 1 is 0.892 bits per heavy atom. The van der Waals surface area contributed by atoms with E-state index in [0.29, 0.717) is 43.2 Å². The van der Waals surface area contributed by atoms with Crippen LogP contribution < -0.4 is 15.4 Å². The van der Waals surface area contributed by atoms with Crippen LogP contribution in [0.2, 0.25) is 0 Å². The van der Waals surface area contributed by atoms with Crippen molar-refractivity contribution < 1.29 is 17.9 Å². The van der Waals surface area contributed by atoms with Gasteiger partial charge in [0.1, 0.15) is 16.4 Å². The number of hydrogen-bond donors (Lipinski definition) is 2. The molecule has 4 aromatic rings. The molecule has 5 rings (SSSR count). The summed E-state index contributed by atoms with van der Waals surface area (Å²) in [6.07, 6.45) is 0. The Morgan fingerprint density at radius 2 is 1.59 bits per heavy atom. The number of aryl methyl sites for hydroxylation is 2. The molecule has 1 aliphatic rings. The molecule has 4 aromatic carbocycles. The molecule has 0 aliphatic carbocycles. The van der Waals surface area contributed by atoms with Crippen molar-refractivity contribution in [2.45, 2.75) is 18.7 Å². The SMILES string of the molecule is Cc1cc(C)cc(Oc2ccc(NC(=O)c3cccc4ccccc34)cc2S(=O)(=O)N2CCNCC2)c1. The molecule has 0 atom stereocenters. The van der Waals surface area contributed by atoms with Crippen molar-refractivity contribution in [2.24, 2.45) is 0 Å². The summed E-state index contributed by atoms with van der Waals surface area (Å²) in [4.78, 5) is 13.2. The van der Waals surface area contributed by atoms with Gasteiger partial charge in [0.2, 0.25) is 10.0 Å². The van der Waals surface area contributed by atoms with Crippen LogP contribution in [0.25, 0.3) is 10.8 Å². The first-order valence-electron chi connectivity index (χ1n) is 12.2. The topological polar surface area (TPSA) is 87.7 Å². The minimum atomic E-state index is -3.87. The molecule has 1 amide bonds. The van der Waals surface area contributed by atoms with Gasteiger partial charge in [0.05, 0.1) is 0 Å². The van der Waals surface area contributed by atoms with Crippen molar-refractivity contribution in [3.05, 3.63) is 95.6 Å². The van der Waals surface area contributed by atoms with Crippen molar-refractivity contribution in [2.75, 3.05) is 31.5 Å². The predicted octanol–water partition coefficient (Wildman–Crippen LogP) is 5.10. The van der Waals surface area contributed by atoms with Crippen LogP contribution in [0.1, 0.15) is 21.5 Å². The second-order valence-electron chi connectivity index (χ2n) is 9.22. The number of fused-ring (bicyclic) bond motifs is 1. The van der Waals surface area contributed by atoms with E-state index in [1.807, 2.05) is 68.4 Å². The Morgan fingerprint density at radius 3 is 2.35 bits per heavy atom. The molecule has 0 radical (unpaired) electrons. The lowest BCUT2D eigenvalue weighted by molar-refractivity contribution is 0.102. The molecule has 0 spiro atoms. The molecular formula is C29H29N3O4S. The van der Waals surface area contributed by atoms with E-state index >= 15 is 0 Å². The lowest BCUT2D eigenvalue weighted by Crippen LogP contribution is -2.46. The van der Waals surface area contributed by atoms with E-state index in [-0.39, 0.29) is 16.6 Å². The smallest absolute Gasteiger partial charge is 0.256 e. The standard InChI is InChI=1S/C29H29N3O4S/c1-20-16-21(2)18-24(17-20)36-27-11-10-23(19-28(27)37(34,35)32-14-12-30-13-15-32)31-29(33)26-9-5-7-22-6-3-4-8-25(22)26/h3-11,16-19,30H,12-15H2,1-2H3,(H,31,33). The van der Waals surface area contributed by atoms with Gasteiger partial charge in [0.25, 0.3) is 5.91 Å². The number of sulfonamides is 1. The van der Waals surface area contributed by atoms with E-state index in [4.69, 9.17) is 4.74 Å². The number of anilines is 1. The second kappa shape index (κ2) is 10.3. The number of ether oxygens (including phenoxy) is 1. The van der Waals surface area contributed by atoms with E-state index in [0.717, 1.165) is 21.9 Å². The predicted molar refractivity (Wildman–Crippen MR) is 146 cm³/mol. The van der Waals surface area contributed by atoms with Crippen LogP contribution in [-0.4, -0.2) is 44.8 Å². The number of piperazine rings is 1. The summed E-state index contributed by atoms with van der Waals surface area (Å²) in [5.41, 5.74) is 2.92. The molecular weight excluding hydrogens is 486 g/mol. The summed E-state index contributed by atoms with van der Waals surface area (Å²) in [5.74, 6) is 0.457. The maximum absolute atomic E-state index is 13.7. The minimum Gasteiger partial charge on any atom is -0.456 e. The molecule has 0 bridgehead atoms. The highest BCUT2D eigenvalue weighted by atomic mass is 32.2. The number of nitrogens with one attached hydrogen (secondary N) is 2. The number of carbonyl (C=O) groups is 1. The van der Waals surface area contributed by atoms with E-state index < -0.39 is 10.0 Å². The highest BCUT2D eigenvalue weighted by molar-refractivity contribution is 7.89. The van der Waals surface area contributed by atoms with Gasteiger partial charge >= 0.3 is 0 Å². The summed E-state index contributed by atoms with van der Waals surface area (Å²) in [5, 5.41) is 7.84. The van der Waals surface area contributed by atoms with Gasteiger partial charge in [0, 0.05) is 37.4 Å². The highest BCUT2D eigenvalue weighted by Crippen LogP contribution is 2.34. The number of carbonyl (C=O) groups excluding carboxylic acids is 1. The van der Waals surface area contributed by atoms with Gasteiger partial charge in [-0.15, -0.1) is 0 Å². The third-order valence-electron chi connectivity index (χ3n) is 6.35. The van der Waals surface area contributed by atoms with Crippen molar-refractivity contribution in [3.8, 4) is 11.5 Å². The van der Waals surface area contributed by atoms with Crippen molar-refractivity contribution in [3.63, 3.8) is 0 Å². The van der Waals surface area contributed by atoms with Gasteiger partial charge < -0.3 is 15.4 Å². The molecule has 37 heavy (non-hydrogen) atoms. The summed E-state index contributed by atoms with van der Waals surface area (Å²) in [6, 6.07) is 23.7. The van der Waals surface area contributed by atoms with Crippen LogP contribution >= 0.6 is 0 Å². The Balaban J connectivity index is 1.52. The van der Waals surface area contributed by atoms with Gasteiger partial charge in [-0.3, -0.25) is 4.79 Å². The fraction of sp³-hybridized carbons (Fsp3) is 0.207. The summed E-state index contributed by atoms with van der Waals surface area (Å²) in [6.45, 7) is 5.79. The van der Waals surface area contributed by atoms with E-state index in [9.17, 15) is 13.2 Å². The molecule has 190 valence electrons. The fourth-order valence-corrected chi connectivity index (χ4v) is 6.22. The minimum absolute atomic E-state index is 0.0179. The number of hydrogen-bond acceptors (Lipinski definition) is 5. The first-order valence-corrected chi connectivity index (χ1v) is 13.7. The summed E-state index contributed by atoms with van der Waals surface area (Å²) >= 11 is 0. The van der Waals surface area contributed by atoms with E-state index in [1.54, 1.807) is 18.2 Å². The largest absolute Gasteiger partial charge is 0.456 e. The van der Waals surface area contributed by atoms with Crippen LogP contribution in [0, 0.1) is 13.8 Å². The van der Waals surface area contributed by atoms with E-state index in [1.165, 1.54) is 10.4 Å². The third kappa shape index (κ3) is 5.36. The van der Waals surface area contributed by atoms with Crippen molar-refractivity contribution in [1.29, 1.82) is 0 Å². The average Bonchev–Trinajstić information content (AvgIpc) is 2.89. The van der Waals surface area contributed by atoms with Crippen LogP contribution in [0.4, 0.5) is 5.69 Å². The molecule has 2 N–H and O–H groups in total. The molecule has 1 saturated heterocycles. The second-order valence-corrected chi connectivity index (χ2v) is 11.1. The van der Waals surface area contributed by atoms with Crippen molar-refractivity contribution >= 4 is 32.4 Å². The molecule has 0 aromatic heterocycles. The van der Waals surface area contributed by atoms with Gasteiger partial charge in [-0.1, -0.05) is 42.5 Å². The Hall–Kier alpha value is -3.72. The molecule has 1 heterocycles. The zero-order valence-corrected chi connectivity index (χ0v) is 21.6. The monoisotopic (exact) mass is 515 g/mol. The maximum Gasteiger partial charge on any atom is 0.256 e. The van der Waals surface area contributed by atoms with Gasteiger partial charge in [-0.2, -0.15) is 4.31 Å². The normalized spacial score (nSPS) is 14.4. The summed E-state index contributed by atoms with van der Waals surface area (Å²) < 4.78 is 35.0. The first-order chi connectivity index (χ1) is 17.8. The van der Waals surface area contributed by atoms with E-state index in [2.05, 4.69) is 10.6 Å². The average molecular weight is 516 g/mol. The van der Waals surface area contributed by atoms with Crippen LogP contribution in [0.5, 0.6) is 11.5 Å². The number of amides is 1. The zero-order valence-electron chi connectivity index (χ0n) is 20.8. The Labute approximate surface area is 217 Å². The molecule has 1 aliphatic heterocycles. The maximum atomic E-state index is 13.7. The number of benzene rings is 4.